The molecule has 0 radical (unpaired) electrons. The highest BCUT2D eigenvalue weighted by Gasteiger charge is 2.32. The van der Waals surface area contributed by atoms with E-state index in [1.807, 2.05) is 4.90 Å². The molecule has 1 aromatic carbocycles. The van der Waals surface area contributed by atoms with Crippen LogP contribution in [0, 0.1) is 12.8 Å². The van der Waals surface area contributed by atoms with Crippen molar-refractivity contribution in [1.29, 1.82) is 0 Å². The smallest absolute Gasteiger partial charge is 0.416 e. The topological polar surface area (TPSA) is 112 Å². The van der Waals surface area contributed by atoms with Crippen LogP contribution in [0.2, 0.25) is 0 Å². The number of nitrogens with zero attached hydrogens (tertiary/aromatic N) is 5. The van der Waals surface area contributed by atoms with Gasteiger partial charge in [0.15, 0.2) is 5.13 Å². The van der Waals surface area contributed by atoms with Crippen molar-refractivity contribution in [2.45, 2.75) is 58.3 Å². The monoisotopic (exact) mass is 588 g/mol. The number of hydrogen-bond acceptors (Lipinski definition) is 8. The van der Waals surface area contributed by atoms with Crippen LogP contribution in [0.25, 0.3) is 11.3 Å². The number of aryl methyl sites for hydroxylation is 1. The molecule has 1 amide bonds. The maximum absolute atomic E-state index is 13.6. The summed E-state index contributed by atoms with van der Waals surface area (Å²) in [4.78, 5) is 42.4. The van der Waals surface area contributed by atoms with E-state index in [1.54, 1.807) is 13.0 Å². The fourth-order valence-electron chi connectivity index (χ4n) is 5.35. The number of amides is 1. The molecule has 4 heterocycles. The molecule has 41 heavy (non-hydrogen) atoms. The lowest BCUT2D eigenvalue weighted by atomic mass is 9.97. The van der Waals surface area contributed by atoms with Crippen LogP contribution >= 0.6 is 11.3 Å². The van der Waals surface area contributed by atoms with Crippen molar-refractivity contribution in [3.63, 3.8) is 0 Å². The maximum Gasteiger partial charge on any atom is 0.416 e. The number of carboxylic acid groups (broad SMARTS) is 1. The zero-order valence-corrected chi connectivity index (χ0v) is 23.6. The standard InChI is InChI=1S/C28H31F3N6O3S/c1-16-10-19(12-20(11-16)28(29,30)31)24-22(15-37-7-3-4-17(37)2)41-27(34-24)35-25(38)21-13-33-23(14-32-21)36-8-5-18(6-9-36)26(39)40/h10-14,17-18H,3-9,15H2,1-2H3,(H,39,40)(H,34,35,38). The largest absolute Gasteiger partial charge is 0.481 e. The number of aliphatic carboxylic acids is 1. The van der Waals surface area contributed by atoms with Crippen molar-refractivity contribution >= 4 is 34.2 Å². The van der Waals surface area contributed by atoms with Crippen LogP contribution in [-0.2, 0) is 17.5 Å². The SMILES string of the molecule is Cc1cc(-c2nc(NC(=O)c3cnc(N4CCC(C(=O)O)CC4)cn3)sc2CN2CCCC2C)cc(C(F)(F)F)c1. The van der Waals surface area contributed by atoms with E-state index in [9.17, 15) is 27.9 Å². The second kappa shape index (κ2) is 11.7. The fraction of sp³-hybridized carbons (Fsp3) is 0.464. The minimum atomic E-state index is -4.49. The van der Waals surface area contributed by atoms with Gasteiger partial charge in [0, 0.05) is 36.1 Å². The molecule has 218 valence electrons. The van der Waals surface area contributed by atoms with Gasteiger partial charge in [0.1, 0.15) is 11.5 Å². The summed E-state index contributed by atoms with van der Waals surface area (Å²) in [5.74, 6) is -1.14. The third-order valence-electron chi connectivity index (χ3n) is 7.67. The third-order valence-corrected chi connectivity index (χ3v) is 8.63. The van der Waals surface area contributed by atoms with Crippen molar-refractivity contribution in [2.75, 3.05) is 29.9 Å². The molecule has 3 aromatic rings. The summed E-state index contributed by atoms with van der Waals surface area (Å²) in [6.07, 6.45) is 1.46. The number of carbonyl (C=O) groups is 2. The van der Waals surface area contributed by atoms with Gasteiger partial charge in [-0.25, -0.2) is 15.0 Å². The fourth-order valence-corrected chi connectivity index (χ4v) is 6.36. The zero-order valence-electron chi connectivity index (χ0n) is 22.7. The van der Waals surface area contributed by atoms with Gasteiger partial charge in [-0.3, -0.25) is 19.8 Å². The number of benzene rings is 1. The lowest BCUT2D eigenvalue weighted by Crippen LogP contribution is -2.36. The number of carbonyl (C=O) groups excluding carboxylic acids is 1. The predicted octanol–water partition coefficient (Wildman–Crippen LogP) is 5.46. The molecule has 2 N–H and O–H groups in total. The number of aromatic nitrogens is 3. The summed E-state index contributed by atoms with van der Waals surface area (Å²) in [6.45, 7) is 6.22. The highest BCUT2D eigenvalue weighted by Crippen LogP contribution is 2.38. The van der Waals surface area contributed by atoms with E-state index in [0.29, 0.717) is 61.2 Å². The van der Waals surface area contributed by atoms with E-state index in [2.05, 4.69) is 32.1 Å². The Kier molecular flexibility index (Phi) is 8.28. The van der Waals surface area contributed by atoms with Gasteiger partial charge in [0.25, 0.3) is 5.91 Å². The highest BCUT2D eigenvalue weighted by molar-refractivity contribution is 7.16. The quantitative estimate of drug-likeness (QED) is 0.374. The average molecular weight is 589 g/mol. The van der Waals surface area contributed by atoms with Gasteiger partial charge in [-0.05, 0) is 69.8 Å². The second-order valence-corrected chi connectivity index (χ2v) is 11.7. The zero-order chi connectivity index (χ0) is 29.3. The Morgan fingerprint density at radius 3 is 2.46 bits per heavy atom. The Morgan fingerprint density at radius 1 is 1.10 bits per heavy atom. The van der Waals surface area contributed by atoms with Crippen molar-refractivity contribution in [1.82, 2.24) is 19.9 Å². The lowest BCUT2D eigenvalue weighted by molar-refractivity contribution is -0.142. The number of rotatable bonds is 7. The van der Waals surface area contributed by atoms with Crippen molar-refractivity contribution in [3.8, 4) is 11.3 Å². The van der Waals surface area contributed by atoms with Gasteiger partial charge >= 0.3 is 12.1 Å². The minimum Gasteiger partial charge on any atom is -0.481 e. The van der Waals surface area contributed by atoms with Gasteiger partial charge in [-0.15, -0.1) is 0 Å². The molecule has 0 bridgehead atoms. The lowest BCUT2D eigenvalue weighted by Gasteiger charge is -2.30. The van der Waals surface area contributed by atoms with E-state index >= 15 is 0 Å². The summed E-state index contributed by atoms with van der Waals surface area (Å²) in [7, 11) is 0. The number of anilines is 2. The molecular weight excluding hydrogens is 557 g/mol. The Labute approximate surface area is 239 Å². The van der Waals surface area contributed by atoms with Crippen molar-refractivity contribution < 1.29 is 27.9 Å². The molecule has 2 aliphatic rings. The van der Waals surface area contributed by atoms with E-state index in [0.717, 1.165) is 36.4 Å². The molecule has 0 spiro atoms. The van der Waals surface area contributed by atoms with Crippen LogP contribution in [0.1, 0.15) is 59.1 Å². The average Bonchev–Trinajstić information content (AvgIpc) is 3.53. The molecule has 2 aromatic heterocycles. The number of thiazole rings is 1. The first-order valence-electron chi connectivity index (χ1n) is 13.5. The Morgan fingerprint density at radius 2 is 1.85 bits per heavy atom. The molecule has 1 unspecified atom stereocenters. The number of nitrogens with one attached hydrogen (secondary N) is 1. The molecule has 2 fully saturated rings. The molecule has 0 aliphatic carbocycles. The van der Waals surface area contributed by atoms with Gasteiger partial charge in [0.2, 0.25) is 0 Å². The molecule has 0 saturated carbocycles. The Balaban J connectivity index is 1.36. The van der Waals surface area contributed by atoms with E-state index < -0.39 is 23.6 Å². The molecule has 2 aliphatic heterocycles. The van der Waals surface area contributed by atoms with E-state index in [-0.39, 0.29) is 16.7 Å². The van der Waals surface area contributed by atoms with Crippen molar-refractivity contribution in [3.05, 3.63) is 52.3 Å². The molecule has 1 atom stereocenters. The third kappa shape index (κ3) is 6.67. The van der Waals surface area contributed by atoms with Crippen LogP contribution in [0.5, 0.6) is 0 Å². The van der Waals surface area contributed by atoms with E-state index in [4.69, 9.17) is 0 Å². The number of carboxylic acids is 1. The minimum absolute atomic E-state index is 0.0653. The van der Waals surface area contributed by atoms with Gasteiger partial charge in [-0.2, -0.15) is 13.2 Å². The summed E-state index contributed by atoms with van der Waals surface area (Å²) >= 11 is 1.24. The molecule has 2 saturated heterocycles. The normalized spacial score (nSPS) is 18.6. The number of halogens is 3. The first-order chi connectivity index (χ1) is 19.5. The summed E-state index contributed by atoms with van der Waals surface area (Å²) in [5, 5.41) is 12.2. The maximum atomic E-state index is 13.6. The first-order valence-corrected chi connectivity index (χ1v) is 14.3. The van der Waals surface area contributed by atoms with Crippen LogP contribution < -0.4 is 10.2 Å². The van der Waals surface area contributed by atoms with Crippen molar-refractivity contribution in [2.24, 2.45) is 5.92 Å². The molecule has 9 nitrogen and oxygen atoms in total. The molecular formula is C28H31F3N6O3S. The second-order valence-electron chi connectivity index (χ2n) is 10.7. The predicted molar refractivity (Wildman–Crippen MR) is 149 cm³/mol. The first kappa shape index (κ1) is 28.9. The van der Waals surface area contributed by atoms with Gasteiger partial charge < -0.3 is 10.0 Å². The summed E-state index contributed by atoms with van der Waals surface area (Å²) in [5.41, 5.74) is 0.567. The number of hydrogen-bond donors (Lipinski definition) is 2. The van der Waals surface area contributed by atoms with E-state index in [1.165, 1.54) is 23.7 Å². The summed E-state index contributed by atoms with van der Waals surface area (Å²) in [6, 6.07) is 4.23. The van der Waals surface area contributed by atoms with Crippen LogP contribution in [0.4, 0.5) is 24.1 Å². The van der Waals surface area contributed by atoms with Crippen LogP contribution in [-0.4, -0.2) is 62.5 Å². The van der Waals surface area contributed by atoms with Gasteiger partial charge in [-0.1, -0.05) is 11.3 Å². The Bertz CT molecular complexity index is 1420. The Hall–Kier alpha value is -3.58. The van der Waals surface area contributed by atoms with Gasteiger partial charge in [0.05, 0.1) is 29.6 Å². The number of alkyl halides is 3. The number of piperidine rings is 1. The molecule has 13 heteroatoms. The molecule has 5 rings (SSSR count). The summed E-state index contributed by atoms with van der Waals surface area (Å²) < 4.78 is 40.7. The highest BCUT2D eigenvalue weighted by atomic mass is 32.1. The number of likely N-dealkylation sites (tertiary alicyclic amines) is 1. The van der Waals surface area contributed by atoms with Crippen LogP contribution in [0.15, 0.2) is 30.6 Å². The van der Waals surface area contributed by atoms with Crippen LogP contribution in [0.3, 0.4) is 0 Å².